The molecule has 0 unspecified atom stereocenters. The molecule has 0 saturated carbocycles. The van der Waals surface area contributed by atoms with Crippen molar-refractivity contribution < 1.29 is 31.7 Å². The minimum absolute atomic E-state index is 0.0365. The van der Waals surface area contributed by atoms with E-state index in [9.17, 15) is 22.8 Å². The average Bonchev–Trinajstić information content (AvgIpc) is 3.08. The zero-order valence-electron chi connectivity index (χ0n) is 17.4. The molecular formula is C22H20N2O7S2. The number of imide groups is 1. The van der Waals surface area contributed by atoms with Gasteiger partial charge in [-0.05, 0) is 47.7 Å². The molecule has 0 atom stereocenters. The van der Waals surface area contributed by atoms with Gasteiger partial charge in [-0.3, -0.25) is 19.3 Å². The number of hydrogen-bond donors (Lipinski definition) is 0. The fraction of sp³-hybridized carbons (Fsp3) is 0.227. The van der Waals surface area contributed by atoms with Gasteiger partial charge < -0.3 is 13.8 Å². The van der Waals surface area contributed by atoms with Gasteiger partial charge in [0.25, 0.3) is 11.1 Å². The van der Waals surface area contributed by atoms with Crippen LogP contribution in [-0.2, 0) is 24.4 Å². The number of nitrogens with zero attached hydrogens (tertiary/aromatic N) is 2. The lowest BCUT2D eigenvalue weighted by Crippen LogP contribution is -2.46. The van der Waals surface area contributed by atoms with Crippen LogP contribution in [0.1, 0.15) is 5.56 Å². The Morgan fingerprint density at radius 1 is 1.03 bits per heavy atom. The van der Waals surface area contributed by atoms with Crippen LogP contribution in [0.15, 0.2) is 64.4 Å². The molecule has 2 fully saturated rings. The van der Waals surface area contributed by atoms with E-state index in [2.05, 4.69) is 0 Å². The first kappa shape index (κ1) is 23.0. The molecule has 3 amide bonds. The molecule has 4 rings (SSSR count). The summed E-state index contributed by atoms with van der Waals surface area (Å²) in [6.07, 6.45) is 1.51. The Balaban J connectivity index is 1.42. The van der Waals surface area contributed by atoms with Gasteiger partial charge in [0.05, 0.1) is 18.1 Å². The molecule has 0 radical (unpaired) electrons. The van der Waals surface area contributed by atoms with Crippen LogP contribution in [0, 0.1) is 0 Å². The molecule has 172 valence electrons. The zero-order chi connectivity index (χ0) is 23.4. The number of thioether (sulfide) groups is 1. The molecule has 2 saturated heterocycles. The molecule has 2 heterocycles. The zero-order valence-corrected chi connectivity index (χ0v) is 19.0. The molecule has 0 N–H and O–H groups in total. The van der Waals surface area contributed by atoms with Gasteiger partial charge in [0.1, 0.15) is 17.2 Å². The minimum atomic E-state index is -3.96. The van der Waals surface area contributed by atoms with E-state index in [0.29, 0.717) is 31.9 Å². The quantitative estimate of drug-likeness (QED) is 0.450. The average molecular weight is 489 g/mol. The lowest BCUT2D eigenvalue weighted by atomic mass is 10.2. The van der Waals surface area contributed by atoms with Gasteiger partial charge in [-0.15, -0.1) is 0 Å². The normalized spacial score (nSPS) is 18.1. The van der Waals surface area contributed by atoms with Crippen molar-refractivity contribution >= 4 is 45.0 Å². The number of hydrogen-bond acceptors (Lipinski definition) is 8. The van der Waals surface area contributed by atoms with Crippen molar-refractivity contribution in [2.24, 2.45) is 0 Å². The van der Waals surface area contributed by atoms with E-state index in [0.717, 1.165) is 16.7 Å². The van der Waals surface area contributed by atoms with Gasteiger partial charge in [-0.1, -0.05) is 30.3 Å². The third kappa shape index (κ3) is 5.44. The molecule has 0 aromatic heterocycles. The first-order chi connectivity index (χ1) is 15.8. The number of carbonyl (C=O) groups excluding carboxylic acids is 3. The molecule has 0 bridgehead atoms. The van der Waals surface area contributed by atoms with Crippen LogP contribution in [0.2, 0.25) is 0 Å². The SMILES string of the molecule is O=C(CN1C(=O)S/C(=C\c2ccc(OS(=O)(=O)c3ccccc3)cc2)C1=O)N1CCOCC1. The van der Waals surface area contributed by atoms with Crippen LogP contribution in [-0.4, -0.2) is 68.1 Å². The van der Waals surface area contributed by atoms with E-state index in [4.69, 9.17) is 8.92 Å². The van der Waals surface area contributed by atoms with Gasteiger partial charge in [-0.25, -0.2) is 0 Å². The predicted octanol–water partition coefficient (Wildman–Crippen LogP) is 2.35. The van der Waals surface area contributed by atoms with Gasteiger partial charge in [-0.2, -0.15) is 8.42 Å². The first-order valence-electron chi connectivity index (χ1n) is 10.0. The van der Waals surface area contributed by atoms with Crippen LogP contribution in [0.25, 0.3) is 6.08 Å². The summed E-state index contributed by atoms with van der Waals surface area (Å²) in [5, 5.41) is -0.512. The molecular weight excluding hydrogens is 468 g/mol. The maximum Gasteiger partial charge on any atom is 0.339 e. The number of carbonyl (C=O) groups is 3. The van der Waals surface area contributed by atoms with Crippen molar-refractivity contribution in [3.05, 3.63) is 65.1 Å². The number of rotatable bonds is 6. The van der Waals surface area contributed by atoms with Crippen molar-refractivity contribution in [2.45, 2.75) is 4.90 Å². The number of amides is 3. The highest BCUT2D eigenvalue weighted by molar-refractivity contribution is 8.18. The summed E-state index contributed by atoms with van der Waals surface area (Å²) >= 11 is 0.753. The highest BCUT2D eigenvalue weighted by Crippen LogP contribution is 2.32. The van der Waals surface area contributed by atoms with Gasteiger partial charge in [0.2, 0.25) is 5.91 Å². The van der Waals surface area contributed by atoms with Crippen molar-refractivity contribution in [3.63, 3.8) is 0 Å². The molecule has 2 aromatic carbocycles. The maximum atomic E-state index is 12.7. The van der Waals surface area contributed by atoms with Crippen LogP contribution >= 0.6 is 11.8 Å². The van der Waals surface area contributed by atoms with Gasteiger partial charge in [0.15, 0.2) is 0 Å². The lowest BCUT2D eigenvalue weighted by Gasteiger charge is -2.28. The molecule has 2 aromatic rings. The second kappa shape index (κ2) is 9.77. The van der Waals surface area contributed by atoms with E-state index >= 15 is 0 Å². The van der Waals surface area contributed by atoms with E-state index in [1.54, 1.807) is 35.2 Å². The fourth-order valence-corrected chi connectivity index (χ4v) is 5.01. The van der Waals surface area contributed by atoms with E-state index in [-0.39, 0.29) is 28.0 Å². The number of benzene rings is 2. The molecule has 2 aliphatic heterocycles. The second-order valence-electron chi connectivity index (χ2n) is 7.18. The smallest absolute Gasteiger partial charge is 0.339 e. The summed E-state index contributed by atoms with van der Waals surface area (Å²) < 4.78 is 35.0. The van der Waals surface area contributed by atoms with Crippen LogP contribution in [0.4, 0.5) is 4.79 Å². The Hall–Kier alpha value is -3.15. The molecule has 9 nitrogen and oxygen atoms in total. The maximum absolute atomic E-state index is 12.7. The molecule has 11 heteroatoms. The standard InChI is InChI=1S/C22H20N2O7S2/c25-20(23-10-12-30-13-11-23)15-24-21(26)19(32-22(24)27)14-16-6-8-17(9-7-16)31-33(28,29)18-4-2-1-3-5-18/h1-9,14H,10-13,15H2/b19-14-. The third-order valence-corrected chi connectivity index (χ3v) is 7.12. The molecule has 33 heavy (non-hydrogen) atoms. The highest BCUT2D eigenvalue weighted by atomic mass is 32.2. The summed E-state index contributed by atoms with van der Waals surface area (Å²) in [6, 6.07) is 13.8. The minimum Gasteiger partial charge on any atom is -0.379 e. The summed E-state index contributed by atoms with van der Waals surface area (Å²) in [7, 11) is -3.96. The van der Waals surface area contributed by atoms with Crippen molar-refractivity contribution in [3.8, 4) is 5.75 Å². The van der Waals surface area contributed by atoms with Crippen LogP contribution < -0.4 is 4.18 Å². The van der Waals surface area contributed by atoms with Gasteiger partial charge in [0, 0.05) is 13.1 Å². The first-order valence-corrected chi connectivity index (χ1v) is 12.3. The Morgan fingerprint density at radius 2 is 1.70 bits per heavy atom. The van der Waals surface area contributed by atoms with Crippen LogP contribution in [0.3, 0.4) is 0 Å². The van der Waals surface area contributed by atoms with Crippen LogP contribution in [0.5, 0.6) is 5.75 Å². The Labute approximate surface area is 195 Å². The topological polar surface area (TPSA) is 110 Å². The van der Waals surface area contributed by atoms with Crippen molar-refractivity contribution in [1.29, 1.82) is 0 Å². The lowest BCUT2D eigenvalue weighted by molar-refractivity contribution is -0.139. The van der Waals surface area contributed by atoms with Gasteiger partial charge >= 0.3 is 10.1 Å². The fourth-order valence-electron chi connectivity index (χ4n) is 3.22. The molecule has 0 aliphatic carbocycles. The summed E-state index contributed by atoms with van der Waals surface area (Å²) in [4.78, 5) is 40.1. The summed E-state index contributed by atoms with van der Waals surface area (Å²) in [5.41, 5.74) is 0.574. The van der Waals surface area contributed by atoms with E-state index < -0.39 is 21.3 Å². The molecule has 0 spiro atoms. The number of ether oxygens (including phenoxy) is 1. The molecule has 2 aliphatic rings. The van der Waals surface area contributed by atoms with E-state index in [1.807, 2.05) is 0 Å². The van der Waals surface area contributed by atoms with Crippen molar-refractivity contribution in [2.75, 3.05) is 32.8 Å². The Morgan fingerprint density at radius 3 is 2.36 bits per heavy atom. The Bertz CT molecular complexity index is 1190. The summed E-state index contributed by atoms with van der Waals surface area (Å²) in [5.74, 6) is -0.734. The highest BCUT2D eigenvalue weighted by Gasteiger charge is 2.37. The third-order valence-electron chi connectivity index (χ3n) is 4.95. The Kier molecular flexibility index (Phi) is 6.82. The predicted molar refractivity (Wildman–Crippen MR) is 121 cm³/mol. The monoisotopic (exact) mass is 488 g/mol. The summed E-state index contributed by atoms with van der Waals surface area (Å²) in [6.45, 7) is 1.41. The largest absolute Gasteiger partial charge is 0.379 e. The number of morpholine rings is 1. The van der Waals surface area contributed by atoms with E-state index in [1.165, 1.54) is 30.3 Å². The second-order valence-corrected chi connectivity index (χ2v) is 9.72. The van der Waals surface area contributed by atoms with Crippen molar-refractivity contribution in [1.82, 2.24) is 9.80 Å².